The van der Waals surface area contributed by atoms with Gasteiger partial charge >= 0.3 is 0 Å². The largest absolute Gasteiger partial charge is 0.454 e. The quantitative estimate of drug-likeness (QED) is 0.736. The summed E-state index contributed by atoms with van der Waals surface area (Å²) in [6.07, 6.45) is 5.87. The van der Waals surface area contributed by atoms with Crippen molar-refractivity contribution in [3.8, 4) is 33.9 Å². The van der Waals surface area contributed by atoms with Crippen LogP contribution in [-0.4, -0.2) is 46.0 Å². The number of ether oxygens (including phenoxy) is 2. The molecule has 1 aromatic carbocycles. The van der Waals surface area contributed by atoms with Crippen LogP contribution in [0.1, 0.15) is 13.3 Å². The molecule has 5 rings (SSSR count). The van der Waals surface area contributed by atoms with E-state index in [1.54, 1.807) is 6.20 Å². The highest BCUT2D eigenvalue weighted by molar-refractivity contribution is 5.81. The molecule has 1 saturated heterocycles. The number of nitrogens with zero attached hydrogens (tertiary/aromatic N) is 4. The Morgan fingerprint density at radius 2 is 2.00 bits per heavy atom. The Kier molecular flexibility index (Phi) is 4.52. The number of aliphatic hydroxyl groups excluding tert-OH is 1. The summed E-state index contributed by atoms with van der Waals surface area (Å²) in [5.41, 5.74) is 3.61. The van der Waals surface area contributed by atoms with Crippen molar-refractivity contribution < 1.29 is 14.6 Å². The van der Waals surface area contributed by atoms with Crippen molar-refractivity contribution in [1.82, 2.24) is 15.0 Å². The van der Waals surface area contributed by atoms with Gasteiger partial charge in [-0.25, -0.2) is 9.97 Å². The normalized spacial score (nSPS) is 20.7. The lowest BCUT2D eigenvalue weighted by atomic mass is 9.97. The molecule has 0 radical (unpaired) electrons. The second kappa shape index (κ2) is 7.33. The second-order valence-electron chi connectivity index (χ2n) is 7.52. The van der Waals surface area contributed by atoms with Crippen LogP contribution >= 0.6 is 0 Å². The first-order valence-corrected chi connectivity index (χ1v) is 9.79. The Hall–Kier alpha value is -3.19. The summed E-state index contributed by atoms with van der Waals surface area (Å²) in [5, 5.41) is 10.0. The van der Waals surface area contributed by atoms with Gasteiger partial charge in [0.15, 0.2) is 11.5 Å². The Morgan fingerprint density at radius 3 is 2.83 bits per heavy atom. The Morgan fingerprint density at radius 1 is 1.10 bits per heavy atom. The van der Waals surface area contributed by atoms with E-state index in [1.807, 2.05) is 42.7 Å². The minimum absolute atomic E-state index is 0.183. The van der Waals surface area contributed by atoms with Gasteiger partial charge in [0.2, 0.25) is 12.7 Å². The fraction of sp³-hybridized carbons (Fsp3) is 0.318. The van der Waals surface area contributed by atoms with Crippen LogP contribution in [0.4, 0.5) is 5.95 Å². The first-order valence-electron chi connectivity index (χ1n) is 9.79. The van der Waals surface area contributed by atoms with Crippen molar-refractivity contribution in [2.45, 2.75) is 19.4 Å². The predicted molar refractivity (Wildman–Crippen MR) is 109 cm³/mol. The van der Waals surface area contributed by atoms with Crippen LogP contribution in [0.3, 0.4) is 0 Å². The van der Waals surface area contributed by atoms with Gasteiger partial charge in [0.05, 0.1) is 11.8 Å². The first-order chi connectivity index (χ1) is 14.2. The summed E-state index contributed by atoms with van der Waals surface area (Å²) in [5.74, 6) is 2.33. The number of aromatic nitrogens is 3. The third-order valence-corrected chi connectivity index (χ3v) is 5.54. The molecule has 1 N–H and O–H groups in total. The van der Waals surface area contributed by atoms with Crippen molar-refractivity contribution in [2.24, 2.45) is 5.92 Å². The zero-order valence-electron chi connectivity index (χ0n) is 16.2. The summed E-state index contributed by atoms with van der Waals surface area (Å²) < 4.78 is 11.0. The number of pyridine rings is 1. The van der Waals surface area contributed by atoms with E-state index in [9.17, 15) is 5.11 Å². The number of hydrogen-bond donors (Lipinski definition) is 1. The zero-order chi connectivity index (χ0) is 19.8. The van der Waals surface area contributed by atoms with E-state index in [-0.39, 0.29) is 18.8 Å². The molecular formula is C22H22N4O3. The van der Waals surface area contributed by atoms with E-state index in [4.69, 9.17) is 14.5 Å². The Bertz CT molecular complexity index is 1030. The van der Waals surface area contributed by atoms with Gasteiger partial charge in [-0.2, -0.15) is 0 Å². The maximum absolute atomic E-state index is 10.0. The predicted octanol–water partition coefficient (Wildman–Crippen LogP) is 3.14. The first kappa shape index (κ1) is 17.9. The highest BCUT2D eigenvalue weighted by atomic mass is 16.7. The van der Waals surface area contributed by atoms with E-state index >= 15 is 0 Å². The molecule has 0 amide bonds. The average Bonchev–Trinajstić information content (AvgIpc) is 3.24. The molecule has 2 aromatic heterocycles. The van der Waals surface area contributed by atoms with Crippen LogP contribution in [0, 0.1) is 5.92 Å². The Balaban J connectivity index is 1.58. The van der Waals surface area contributed by atoms with Gasteiger partial charge in [0.1, 0.15) is 0 Å². The van der Waals surface area contributed by atoms with Crippen LogP contribution < -0.4 is 14.4 Å². The standard InChI is InChI=1S/C22H22N4O3/c1-14-12-26(8-6-18(14)27)22-24-11-17(21(25-22)16-3-2-7-23-10-16)15-4-5-19-20(9-15)29-13-28-19/h2-5,7,9-11,14,18,27H,6,8,12-13H2,1H3/t14-,18+/m0/s1. The molecule has 0 bridgehead atoms. The monoisotopic (exact) mass is 390 g/mol. The molecule has 29 heavy (non-hydrogen) atoms. The van der Waals surface area contributed by atoms with Crippen LogP contribution in [0.15, 0.2) is 48.9 Å². The lowest BCUT2D eigenvalue weighted by molar-refractivity contribution is 0.0966. The Labute approximate surface area is 169 Å². The van der Waals surface area contributed by atoms with Gasteiger partial charge in [0.25, 0.3) is 0 Å². The van der Waals surface area contributed by atoms with E-state index in [0.717, 1.165) is 53.4 Å². The molecule has 0 saturated carbocycles. The molecule has 0 aliphatic carbocycles. The SMILES string of the molecule is C[C@H]1CN(c2ncc(-c3ccc4c(c3)OCO4)c(-c3cccnc3)n2)CC[C@H]1O. The van der Waals surface area contributed by atoms with E-state index in [2.05, 4.69) is 21.8 Å². The summed E-state index contributed by atoms with van der Waals surface area (Å²) in [6.45, 7) is 3.76. The summed E-state index contributed by atoms with van der Waals surface area (Å²) in [7, 11) is 0. The van der Waals surface area contributed by atoms with Crippen LogP contribution in [0.2, 0.25) is 0 Å². The van der Waals surface area contributed by atoms with Crippen molar-refractivity contribution in [3.05, 3.63) is 48.9 Å². The van der Waals surface area contributed by atoms with Crippen LogP contribution in [0.5, 0.6) is 11.5 Å². The highest BCUT2D eigenvalue weighted by Gasteiger charge is 2.26. The third kappa shape index (κ3) is 3.38. The van der Waals surface area contributed by atoms with Gasteiger partial charge < -0.3 is 19.5 Å². The molecule has 2 atom stereocenters. The maximum Gasteiger partial charge on any atom is 0.231 e. The molecule has 2 aliphatic heterocycles. The number of hydrogen-bond acceptors (Lipinski definition) is 7. The van der Waals surface area contributed by atoms with Crippen LogP contribution in [0.25, 0.3) is 22.4 Å². The molecule has 7 heteroatoms. The fourth-order valence-electron chi connectivity index (χ4n) is 3.84. The zero-order valence-corrected chi connectivity index (χ0v) is 16.2. The number of piperidine rings is 1. The van der Waals surface area contributed by atoms with Crippen molar-refractivity contribution in [1.29, 1.82) is 0 Å². The van der Waals surface area contributed by atoms with Crippen molar-refractivity contribution >= 4 is 5.95 Å². The smallest absolute Gasteiger partial charge is 0.231 e. The summed E-state index contributed by atoms with van der Waals surface area (Å²) in [4.78, 5) is 16.0. The van der Waals surface area contributed by atoms with Gasteiger partial charge in [-0.15, -0.1) is 0 Å². The molecular weight excluding hydrogens is 368 g/mol. The van der Waals surface area contributed by atoms with E-state index < -0.39 is 0 Å². The van der Waals surface area contributed by atoms with Crippen molar-refractivity contribution in [2.75, 3.05) is 24.8 Å². The molecule has 1 fully saturated rings. The third-order valence-electron chi connectivity index (χ3n) is 5.54. The lowest BCUT2D eigenvalue weighted by Gasteiger charge is -2.34. The average molecular weight is 390 g/mol. The number of fused-ring (bicyclic) bond motifs is 1. The van der Waals surface area contributed by atoms with Gasteiger partial charge in [-0.05, 0) is 42.2 Å². The molecule has 148 valence electrons. The highest BCUT2D eigenvalue weighted by Crippen LogP contribution is 2.38. The molecule has 7 nitrogen and oxygen atoms in total. The minimum Gasteiger partial charge on any atom is -0.454 e. The molecule has 0 spiro atoms. The number of benzene rings is 1. The maximum atomic E-state index is 10.0. The minimum atomic E-state index is -0.267. The molecule has 3 aromatic rings. The number of anilines is 1. The van der Waals surface area contributed by atoms with Gasteiger partial charge in [-0.3, -0.25) is 4.98 Å². The van der Waals surface area contributed by atoms with Gasteiger partial charge in [-0.1, -0.05) is 13.0 Å². The molecule has 0 unspecified atom stereocenters. The van der Waals surface area contributed by atoms with E-state index in [0.29, 0.717) is 5.95 Å². The fourth-order valence-corrected chi connectivity index (χ4v) is 3.84. The lowest BCUT2D eigenvalue weighted by Crippen LogP contribution is -2.42. The topological polar surface area (TPSA) is 80.6 Å². The molecule has 4 heterocycles. The number of aliphatic hydroxyl groups is 1. The number of rotatable bonds is 3. The summed E-state index contributed by atoms with van der Waals surface area (Å²) >= 11 is 0. The van der Waals surface area contributed by atoms with Crippen molar-refractivity contribution in [3.63, 3.8) is 0 Å². The van der Waals surface area contributed by atoms with Crippen LogP contribution in [-0.2, 0) is 0 Å². The summed E-state index contributed by atoms with van der Waals surface area (Å²) in [6, 6.07) is 9.76. The van der Waals surface area contributed by atoms with Gasteiger partial charge in [0, 0.05) is 42.8 Å². The molecule has 2 aliphatic rings. The second-order valence-corrected chi connectivity index (χ2v) is 7.52. The van der Waals surface area contributed by atoms with E-state index in [1.165, 1.54) is 0 Å².